The van der Waals surface area contributed by atoms with Crippen LogP contribution in [0.3, 0.4) is 0 Å². The zero-order valence-electron chi connectivity index (χ0n) is 12.3. The van der Waals surface area contributed by atoms with Crippen LogP contribution in [0.2, 0.25) is 5.02 Å². The molecule has 7 heteroatoms. The zero-order valence-corrected chi connectivity index (χ0v) is 13.1. The number of hydrogen-bond acceptors (Lipinski definition) is 4. The Balaban J connectivity index is 1.81. The third-order valence-electron chi connectivity index (χ3n) is 3.02. The Morgan fingerprint density at radius 2 is 2.17 bits per heavy atom. The Bertz CT molecular complexity index is 687. The molecular weight excluding hydrogens is 325 g/mol. The highest BCUT2D eigenvalue weighted by Gasteiger charge is 2.18. The molecule has 1 aromatic heterocycles. The van der Waals surface area contributed by atoms with Gasteiger partial charge in [-0.25, -0.2) is 4.39 Å². The molecule has 23 heavy (non-hydrogen) atoms. The normalized spacial score (nSPS) is 11.8. The van der Waals surface area contributed by atoms with Gasteiger partial charge in [0.2, 0.25) is 0 Å². The Morgan fingerprint density at radius 3 is 2.83 bits per heavy atom. The number of furan rings is 1. The summed E-state index contributed by atoms with van der Waals surface area (Å²) in [5.41, 5.74) is 0.319. The first-order chi connectivity index (χ1) is 11.0. The average molecular weight is 340 g/mol. The largest absolute Gasteiger partial charge is 0.469 e. The number of benzene rings is 1. The molecule has 1 N–H and O–H groups in total. The van der Waals surface area contributed by atoms with Crippen molar-refractivity contribution in [2.45, 2.75) is 25.9 Å². The number of amides is 1. The van der Waals surface area contributed by atoms with E-state index < -0.39 is 23.8 Å². The molecule has 5 nitrogen and oxygen atoms in total. The third kappa shape index (κ3) is 5.10. The maximum absolute atomic E-state index is 13.0. The fourth-order valence-electron chi connectivity index (χ4n) is 1.81. The first kappa shape index (κ1) is 17.0. The second kappa shape index (κ2) is 7.78. The summed E-state index contributed by atoms with van der Waals surface area (Å²) in [6.45, 7) is 1.45. The number of ether oxygens (including phenoxy) is 1. The molecule has 1 atom stereocenters. The fraction of sp³-hybridized carbons (Fsp3) is 0.250. The molecule has 0 bridgehead atoms. The topological polar surface area (TPSA) is 68.5 Å². The summed E-state index contributed by atoms with van der Waals surface area (Å²) in [5.74, 6) is -0.956. The summed E-state index contributed by atoms with van der Waals surface area (Å²) in [4.78, 5) is 23.6. The van der Waals surface area contributed by atoms with Gasteiger partial charge in [0.15, 0.2) is 6.10 Å². The lowest BCUT2D eigenvalue weighted by molar-refractivity contribution is -0.153. The van der Waals surface area contributed by atoms with E-state index in [2.05, 4.69) is 5.32 Å². The lowest BCUT2D eigenvalue weighted by Gasteiger charge is -2.13. The van der Waals surface area contributed by atoms with E-state index in [0.29, 0.717) is 17.9 Å². The van der Waals surface area contributed by atoms with Crippen molar-refractivity contribution < 1.29 is 23.1 Å². The Labute approximate surface area is 137 Å². The number of halogens is 2. The van der Waals surface area contributed by atoms with Crippen molar-refractivity contribution in [3.05, 3.63) is 53.2 Å². The molecular formula is C16H15ClFNO4. The molecule has 0 fully saturated rings. The fourth-order valence-corrected chi connectivity index (χ4v) is 1.99. The van der Waals surface area contributed by atoms with Crippen LogP contribution in [0, 0.1) is 5.82 Å². The number of hydrogen-bond donors (Lipinski definition) is 1. The van der Waals surface area contributed by atoms with E-state index in [-0.39, 0.29) is 11.4 Å². The van der Waals surface area contributed by atoms with E-state index in [1.165, 1.54) is 25.3 Å². The SMILES string of the molecule is C[C@H](OC(=O)CCc1ccco1)C(=O)Nc1ccc(F)c(Cl)c1. The van der Waals surface area contributed by atoms with Crippen LogP contribution in [0.4, 0.5) is 10.1 Å². The van der Waals surface area contributed by atoms with Gasteiger partial charge in [-0.1, -0.05) is 11.6 Å². The molecule has 1 amide bonds. The van der Waals surface area contributed by atoms with Crippen molar-refractivity contribution in [1.29, 1.82) is 0 Å². The van der Waals surface area contributed by atoms with Gasteiger partial charge >= 0.3 is 5.97 Å². The van der Waals surface area contributed by atoms with Crippen LogP contribution in [0.5, 0.6) is 0 Å². The molecule has 1 aromatic carbocycles. The molecule has 0 spiro atoms. The molecule has 2 rings (SSSR count). The van der Waals surface area contributed by atoms with Crippen molar-refractivity contribution in [2.75, 3.05) is 5.32 Å². The third-order valence-corrected chi connectivity index (χ3v) is 3.31. The van der Waals surface area contributed by atoms with Gasteiger partial charge < -0.3 is 14.5 Å². The van der Waals surface area contributed by atoms with Crippen molar-refractivity contribution in [3.63, 3.8) is 0 Å². The second-order valence-corrected chi connectivity index (χ2v) is 5.24. The number of esters is 1. The van der Waals surface area contributed by atoms with E-state index >= 15 is 0 Å². The van der Waals surface area contributed by atoms with Crippen molar-refractivity contribution in [3.8, 4) is 0 Å². The molecule has 2 aromatic rings. The van der Waals surface area contributed by atoms with Crippen LogP contribution in [0.25, 0.3) is 0 Å². The van der Waals surface area contributed by atoms with E-state index in [1.807, 2.05) is 0 Å². The van der Waals surface area contributed by atoms with Gasteiger partial charge in [-0.3, -0.25) is 9.59 Å². The average Bonchev–Trinajstić information content (AvgIpc) is 3.02. The van der Waals surface area contributed by atoms with Crippen LogP contribution in [-0.4, -0.2) is 18.0 Å². The minimum absolute atomic E-state index is 0.105. The molecule has 0 saturated carbocycles. The first-order valence-corrected chi connectivity index (χ1v) is 7.31. The highest BCUT2D eigenvalue weighted by atomic mass is 35.5. The molecule has 0 aliphatic carbocycles. The van der Waals surface area contributed by atoms with E-state index in [0.717, 1.165) is 6.07 Å². The number of aryl methyl sites for hydroxylation is 1. The Hall–Kier alpha value is -2.34. The number of rotatable bonds is 6. The van der Waals surface area contributed by atoms with Crippen LogP contribution in [0.1, 0.15) is 19.1 Å². The maximum atomic E-state index is 13.0. The van der Waals surface area contributed by atoms with Gasteiger partial charge in [-0.2, -0.15) is 0 Å². The zero-order chi connectivity index (χ0) is 16.8. The van der Waals surface area contributed by atoms with Gasteiger partial charge in [0, 0.05) is 12.1 Å². The van der Waals surface area contributed by atoms with E-state index in [4.69, 9.17) is 20.8 Å². The van der Waals surface area contributed by atoms with E-state index in [1.54, 1.807) is 12.1 Å². The van der Waals surface area contributed by atoms with Crippen molar-refractivity contribution >= 4 is 29.2 Å². The van der Waals surface area contributed by atoms with Crippen LogP contribution in [0.15, 0.2) is 41.0 Å². The quantitative estimate of drug-likeness (QED) is 0.817. The first-order valence-electron chi connectivity index (χ1n) is 6.93. The number of carbonyl (C=O) groups is 2. The number of anilines is 1. The maximum Gasteiger partial charge on any atom is 0.307 e. The minimum atomic E-state index is -0.983. The lowest BCUT2D eigenvalue weighted by Crippen LogP contribution is -2.30. The molecule has 122 valence electrons. The van der Waals surface area contributed by atoms with Gasteiger partial charge in [0.25, 0.3) is 5.91 Å². The molecule has 0 radical (unpaired) electrons. The molecule has 1 heterocycles. The molecule has 0 aliphatic rings. The Morgan fingerprint density at radius 1 is 1.39 bits per heavy atom. The summed E-state index contributed by atoms with van der Waals surface area (Å²) in [6.07, 6.45) is 1.04. The van der Waals surface area contributed by atoms with Crippen LogP contribution < -0.4 is 5.32 Å². The predicted octanol–water partition coefficient (Wildman–Crippen LogP) is 3.58. The molecule has 0 aliphatic heterocycles. The molecule has 0 saturated heterocycles. The van der Waals surface area contributed by atoms with Gasteiger partial charge in [0.1, 0.15) is 11.6 Å². The van der Waals surface area contributed by atoms with Crippen LogP contribution >= 0.6 is 11.6 Å². The monoisotopic (exact) mass is 339 g/mol. The smallest absolute Gasteiger partial charge is 0.307 e. The highest BCUT2D eigenvalue weighted by molar-refractivity contribution is 6.31. The van der Waals surface area contributed by atoms with Gasteiger partial charge in [0.05, 0.1) is 17.7 Å². The van der Waals surface area contributed by atoms with Crippen molar-refractivity contribution in [2.24, 2.45) is 0 Å². The summed E-state index contributed by atoms with van der Waals surface area (Å²) < 4.78 is 23.2. The van der Waals surface area contributed by atoms with Crippen molar-refractivity contribution in [1.82, 2.24) is 0 Å². The summed E-state index contributed by atoms with van der Waals surface area (Å²) in [5, 5.41) is 2.39. The highest BCUT2D eigenvalue weighted by Crippen LogP contribution is 2.19. The lowest BCUT2D eigenvalue weighted by atomic mass is 10.2. The summed E-state index contributed by atoms with van der Waals surface area (Å²) >= 11 is 5.63. The summed E-state index contributed by atoms with van der Waals surface area (Å²) in [7, 11) is 0. The van der Waals surface area contributed by atoms with E-state index in [9.17, 15) is 14.0 Å². The van der Waals surface area contributed by atoms with Gasteiger partial charge in [-0.15, -0.1) is 0 Å². The van der Waals surface area contributed by atoms with Crippen LogP contribution in [-0.2, 0) is 20.7 Å². The Kier molecular flexibility index (Phi) is 5.76. The van der Waals surface area contributed by atoms with Gasteiger partial charge in [-0.05, 0) is 37.3 Å². The predicted molar refractivity (Wildman–Crippen MR) is 82.6 cm³/mol. The standard InChI is InChI=1S/C16H15ClFNO4/c1-10(23-15(20)7-5-12-3-2-8-22-12)16(21)19-11-4-6-14(18)13(17)9-11/h2-4,6,8-10H,5,7H2,1H3,(H,19,21)/t10-/m0/s1. The molecule has 0 unspecified atom stereocenters. The minimum Gasteiger partial charge on any atom is -0.469 e. The number of carbonyl (C=O) groups excluding carboxylic acids is 2. The summed E-state index contributed by atoms with van der Waals surface area (Å²) in [6, 6.07) is 7.26. The second-order valence-electron chi connectivity index (χ2n) is 4.83. The number of nitrogens with one attached hydrogen (secondary N) is 1.